The largest absolute Gasteiger partial charge is 0.331 e. The molecule has 0 fully saturated rings. The molecule has 1 unspecified atom stereocenters. The third kappa shape index (κ3) is 4.72. The Balaban J connectivity index is 1.71. The van der Waals surface area contributed by atoms with E-state index < -0.39 is 0 Å². The number of nitrogens with zero attached hydrogens (tertiary/aromatic N) is 3. The van der Waals surface area contributed by atoms with Crippen LogP contribution in [-0.4, -0.2) is 27.8 Å². The van der Waals surface area contributed by atoms with Crippen molar-refractivity contribution in [3.8, 4) is 0 Å². The van der Waals surface area contributed by atoms with Crippen LogP contribution in [0.3, 0.4) is 0 Å². The summed E-state index contributed by atoms with van der Waals surface area (Å²) in [4.78, 5) is 14.4. The van der Waals surface area contributed by atoms with E-state index in [4.69, 9.17) is 0 Å². The fourth-order valence-corrected chi connectivity index (χ4v) is 2.95. The van der Waals surface area contributed by atoms with Crippen LogP contribution in [0.2, 0.25) is 0 Å². The first-order valence-electron chi connectivity index (χ1n) is 8.70. The molecule has 26 heavy (non-hydrogen) atoms. The molecular formula is C21H24N4O. The minimum atomic E-state index is -0.0985. The molecule has 5 heteroatoms. The molecule has 0 aliphatic carbocycles. The summed E-state index contributed by atoms with van der Waals surface area (Å²) in [7, 11) is 3.67. The van der Waals surface area contributed by atoms with Crippen molar-refractivity contribution in [3.63, 3.8) is 0 Å². The lowest BCUT2D eigenvalue weighted by Gasteiger charge is -2.24. The molecule has 0 radical (unpaired) electrons. The minimum absolute atomic E-state index is 0.0811. The second-order valence-electron chi connectivity index (χ2n) is 6.48. The fourth-order valence-electron chi connectivity index (χ4n) is 2.95. The van der Waals surface area contributed by atoms with Gasteiger partial charge in [0.1, 0.15) is 0 Å². The van der Waals surface area contributed by atoms with Gasteiger partial charge in [-0.05, 0) is 17.5 Å². The second-order valence-corrected chi connectivity index (χ2v) is 6.48. The van der Waals surface area contributed by atoms with Gasteiger partial charge in [0, 0.05) is 25.9 Å². The van der Waals surface area contributed by atoms with Crippen molar-refractivity contribution in [2.75, 3.05) is 7.05 Å². The molecule has 1 aromatic heterocycles. The van der Waals surface area contributed by atoms with Gasteiger partial charge in [-0.2, -0.15) is 5.10 Å². The molecule has 2 aromatic carbocycles. The predicted molar refractivity (Wildman–Crippen MR) is 103 cm³/mol. The van der Waals surface area contributed by atoms with Gasteiger partial charge in [0.05, 0.1) is 18.8 Å². The standard InChI is InChI=1S/C21H24N4O/c1-24(15-18-14-22-25(2)16-18)21(26)23-20(19-11-7-4-8-12-19)13-17-9-5-3-6-10-17/h3-12,14,16,20H,13,15H2,1-2H3,(H,23,26). The summed E-state index contributed by atoms with van der Waals surface area (Å²) in [6.45, 7) is 0.520. The van der Waals surface area contributed by atoms with Gasteiger partial charge >= 0.3 is 6.03 Å². The van der Waals surface area contributed by atoms with Gasteiger partial charge in [-0.15, -0.1) is 0 Å². The Morgan fingerprint density at radius 2 is 1.73 bits per heavy atom. The van der Waals surface area contributed by atoms with Crippen LogP contribution in [0.4, 0.5) is 4.79 Å². The number of amides is 2. The van der Waals surface area contributed by atoms with E-state index in [1.807, 2.05) is 49.6 Å². The van der Waals surface area contributed by atoms with Crippen LogP contribution >= 0.6 is 0 Å². The number of urea groups is 1. The summed E-state index contributed by atoms with van der Waals surface area (Å²) in [5.74, 6) is 0. The van der Waals surface area contributed by atoms with Gasteiger partial charge in [0.15, 0.2) is 0 Å². The summed E-state index contributed by atoms with van der Waals surface area (Å²) in [5, 5.41) is 7.32. The van der Waals surface area contributed by atoms with Crippen molar-refractivity contribution in [2.24, 2.45) is 7.05 Å². The van der Waals surface area contributed by atoms with E-state index in [2.05, 4.69) is 34.7 Å². The lowest BCUT2D eigenvalue weighted by molar-refractivity contribution is 0.202. The molecule has 0 bridgehead atoms. The number of hydrogen-bond donors (Lipinski definition) is 1. The maximum Gasteiger partial charge on any atom is 0.317 e. The molecule has 0 saturated heterocycles. The smallest absolute Gasteiger partial charge is 0.317 e. The Morgan fingerprint density at radius 1 is 1.08 bits per heavy atom. The van der Waals surface area contributed by atoms with Crippen molar-refractivity contribution in [2.45, 2.75) is 19.0 Å². The molecular weight excluding hydrogens is 324 g/mol. The lowest BCUT2D eigenvalue weighted by Crippen LogP contribution is -2.39. The quantitative estimate of drug-likeness (QED) is 0.741. The summed E-state index contributed by atoms with van der Waals surface area (Å²) >= 11 is 0. The van der Waals surface area contributed by atoms with Gasteiger partial charge in [-0.3, -0.25) is 4.68 Å². The number of carbonyl (C=O) groups is 1. The molecule has 3 rings (SSSR count). The lowest BCUT2D eigenvalue weighted by atomic mass is 9.99. The molecule has 0 aliphatic rings. The molecule has 1 atom stereocenters. The van der Waals surface area contributed by atoms with Crippen LogP contribution in [0.1, 0.15) is 22.7 Å². The third-order valence-electron chi connectivity index (χ3n) is 4.31. The van der Waals surface area contributed by atoms with Gasteiger partial charge in [-0.1, -0.05) is 60.7 Å². The van der Waals surface area contributed by atoms with Crippen molar-refractivity contribution >= 4 is 6.03 Å². The Hall–Kier alpha value is -3.08. The molecule has 1 heterocycles. The van der Waals surface area contributed by atoms with E-state index in [-0.39, 0.29) is 12.1 Å². The van der Waals surface area contributed by atoms with Crippen molar-refractivity contribution in [1.29, 1.82) is 0 Å². The molecule has 1 N–H and O–H groups in total. The maximum atomic E-state index is 12.7. The first kappa shape index (κ1) is 17.7. The summed E-state index contributed by atoms with van der Waals surface area (Å²) in [6.07, 6.45) is 4.45. The van der Waals surface area contributed by atoms with Gasteiger partial charge in [0.2, 0.25) is 0 Å². The van der Waals surface area contributed by atoms with Crippen molar-refractivity contribution in [3.05, 3.63) is 89.7 Å². The number of aromatic nitrogens is 2. The molecule has 5 nitrogen and oxygen atoms in total. The van der Waals surface area contributed by atoms with Crippen LogP contribution in [0.5, 0.6) is 0 Å². The molecule has 134 valence electrons. The minimum Gasteiger partial charge on any atom is -0.331 e. The van der Waals surface area contributed by atoms with Crippen LogP contribution in [0.25, 0.3) is 0 Å². The number of aryl methyl sites for hydroxylation is 1. The summed E-state index contributed by atoms with van der Waals surface area (Å²) < 4.78 is 1.74. The second kappa shape index (κ2) is 8.34. The molecule has 0 saturated carbocycles. The molecule has 3 aromatic rings. The van der Waals surface area contributed by atoms with E-state index in [9.17, 15) is 4.79 Å². The number of nitrogens with one attached hydrogen (secondary N) is 1. The Labute approximate surface area is 154 Å². The molecule has 2 amide bonds. The van der Waals surface area contributed by atoms with E-state index in [0.717, 1.165) is 17.5 Å². The highest BCUT2D eigenvalue weighted by Crippen LogP contribution is 2.19. The van der Waals surface area contributed by atoms with Gasteiger partial charge in [0.25, 0.3) is 0 Å². The Bertz CT molecular complexity index is 829. The van der Waals surface area contributed by atoms with Gasteiger partial charge in [-0.25, -0.2) is 4.79 Å². The SMILES string of the molecule is CN(Cc1cnn(C)c1)C(=O)NC(Cc1ccccc1)c1ccccc1. The van der Waals surface area contributed by atoms with Crippen molar-refractivity contribution < 1.29 is 4.79 Å². The maximum absolute atomic E-state index is 12.7. The average molecular weight is 348 g/mol. The Morgan fingerprint density at radius 3 is 2.35 bits per heavy atom. The van der Waals surface area contributed by atoms with E-state index >= 15 is 0 Å². The predicted octanol–water partition coefficient (Wildman–Crippen LogP) is 3.55. The fraction of sp³-hybridized carbons (Fsp3) is 0.238. The van der Waals surface area contributed by atoms with Crippen LogP contribution in [0.15, 0.2) is 73.1 Å². The zero-order chi connectivity index (χ0) is 18.4. The Kier molecular flexibility index (Phi) is 5.69. The highest BCUT2D eigenvalue weighted by Gasteiger charge is 2.18. The molecule has 0 spiro atoms. The zero-order valence-corrected chi connectivity index (χ0v) is 15.2. The highest BCUT2D eigenvalue weighted by molar-refractivity contribution is 5.74. The van der Waals surface area contributed by atoms with Crippen LogP contribution in [-0.2, 0) is 20.0 Å². The van der Waals surface area contributed by atoms with E-state index in [1.54, 1.807) is 22.8 Å². The van der Waals surface area contributed by atoms with Gasteiger partial charge < -0.3 is 10.2 Å². The molecule has 0 aliphatic heterocycles. The number of hydrogen-bond acceptors (Lipinski definition) is 2. The summed E-state index contributed by atoms with van der Waals surface area (Å²) in [5.41, 5.74) is 3.29. The highest BCUT2D eigenvalue weighted by atomic mass is 16.2. The first-order chi connectivity index (χ1) is 12.6. The topological polar surface area (TPSA) is 50.2 Å². The normalized spacial score (nSPS) is 11.8. The first-order valence-corrected chi connectivity index (χ1v) is 8.70. The average Bonchev–Trinajstić information content (AvgIpc) is 3.07. The number of rotatable bonds is 6. The van der Waals surface area contributed by atoms with E-state index in [1.165, 1.54) is 5.56 Å². The zero-order valence-electron chi connectivity index (χ0n) is 15.2. The van der Waals surface area contributed by atoms with Crippen LogP contribution in [0, 0.1) is 0 Å². The third-order valence-corrected chi connectivity index (χ3v) is 4.31. The number of benzene rings is 2. The number of carbonyl (C=O) groups excluding carboxylic acids is 1. The summed E-state index contributed by atoms with van der Waals surface area (Å²) in [6, 6.07) is 20.1. The van der Waals surface area contributed by atoms with Crippen LogP contribution < -0.4 is 5.32 Å². The van der Waals surface area contributed by atoms with E-state index in [0.29, 0.717) is 6.54 Å². The monoisotopic (exact) mass is 348 g/mol. The van der Waals surface area contributed by atoms with Crippen molar-refractivity contribution in [1.82, 2.24) is 20.0 Å².